The van der Waals surface area contributed by atoms with Crippen LogP contribution in [0.25, 0.3) is 0 Å². The quantitative estimate of drug-likeness (QED) is 0.394. The van der Waals surface area contributed by atoms with Crippen LogP contribution in [0.2, 0.25) is 0 Å². The summed E-state index contributed by atoms with van der Waals surface area (Å²) in [4.78, 5) is 1.50. The molecular formula is C4H10N6. The summed E-state index contributed by atoms with van der Waals surface area (Å²) in [5.41, 5.74) is 2.50. The van der Waals surface area contributed by atoms with Crippen LogP contribution in [0.1, 0.15) is 5.82 Å². The van der Waals surface area contributed by atoms with Crippen LogP contribution in [0.15, 0.2) is 0 Å². The lowest BCUT2D eigenvalue weighted by Crippen LogP contribution is -2.27. The molecule has 0 aliphatic heterocycles. The molecule has 0 atom stereocenters. The number of aromatic nitrogens is 4. The van der Waals surface area contributed by atoms with Crippen molar-refractivity contribution in [1.82, 2.24) is 25.6 Å². The molecule has 0 radical (unpaired) electrons. The second-order valence-electron chi connectivity index (χ2n) is 1.89. The SMILES string of the molecule is Cc1nnn(CCNN)n1. The minimum absolute atomic E-state index is 0.649. The van der Waals surface area contributed by atoms with E-state index in [0.717, 1.165) is 0 Å². The number of hydrogen-bond donors (Lipinski definition) is 2. The Labute approximate surface area is 58.4 Å². The fourth-order valence-corrected chi connectivity index (χ4v) is 0.583. The average Bonchev–Trinajstić information content (AvgIpc) is 2.31. The Balaban J connectivity index is 2.42. The topological polar surface area (TPSA) is 81.7 Å². The number of nitrogens with zero attached hydrogens (tertiary/aromatic N) is 4. The van der Waals surface area contributed by atoms with Crippen LogP contribution in [-0.2, 0) is 6.54 Å². The van der Waals surface area contributed by atoms with Crippen molar-refractivity contribution in [3.05, 3.63) is 5.82 Å². The van der Waals surface area contributed by atoms with Gasteiger partial charge >= 0.3 is 0 Å². The molecule has 56 valence electrons. The maximum atomic E-state index is 5.04. The smallest absolute Gasteiger partial charge is 0.171 e. The number of hydrazine groups is 1. The summed E-state index contributed by atoms with van der Waals surface area (Å²) in [5.74, 6) is 5.72. The Hall–Kier alpha value is -1.01. The van der Waals surface area contributed by atoms with Gasteiger partial charge in [0.25, 0.3) is 0 Å². The summed E-state index contributed by atoms with van der Waals surface area (Å²) < 4.78 is 0. The molecule has 0 saturated carbocycles. The molecule has 0 unspecified atom stereocenters. The van der Waals surface area contributed by atoms with Crippen LogP contribution in [0.3, 0.4) is 0 Å². The lowest BCUT2D eigenvalue weighted by molar-refractivity contribution is 0.496. The van der Waals surface area contributed by atoms with Gasteiger partial charge in [0.15, 0.2) is 5.82 Å². The summed E-state index contributed by atoms with van der Waals surface area (Å²) in [5, 5.41) is 11.4. The minimum atomic E-state index is 0.649. The van der Waals surface area contributed by atoms with Crippen molar-refractivity contribution in [3.63, 3.8) is 0 Å². The van der Waals surface area contributed by atoms with Gasteiger partial charge in [-0.25, -0.2) is 0 Å². The molecule has 0 amide bonds. The Morgan fingerprint density at radius 3 is 3.00 bits per heavy atom. The predicted molar refractivity (Wildman–Crippen MR) is 34.7 cm³/mol. The zero-order valence-electron chi connectivity index (χ0n) is 5.78. The Morgan fingerprint density at radius 2 is 2.50 bits per heavy atom. The molecule has 0 saturated heterocycles. The summed E-state index contributed by atoms with van der Waals surface area (Å²) in [6, 6.07) is 0. The van der Waals surface area contributed by atoms with Gasteiger partial charge in [0.2, 0.25) is 0 Å². The highest BCUT2D eigenvalue weighted by molar-refractivity contribution is 4.66. The van der Waals surface area contributed by atoms with Crippen molar-refractivity contribution < 1.29 is 0 Å². The van der Waals surface area contributed by atoms with Crippen molar-refractivity contribution in [2.75, 3.05) is 6.54 Å². The van der Waals surface area contributed by atoms with Crippen LogP contribution in [-0.4, -0.2) is 26.8 Å². The van der Waals surface area contributed by atoms with Gasteiger partial charge in [0, 0.05) is 6.54 Å². The summed E-state index contributed by atoms with van der Waals surface area (Å²) >= 11 is 0. The van der Waals surface area contributed by atoms with E-state index in [4.69, 9.17) is 5.84 Å². The molecule has 0 fully saturated rings. The third-order valence-electron chi connectivity index (χ3n) is 1.01. The van der Waals surface area contributed by atoms with Crippen LogP contribution < -0.4 is 11.3 Å². The number of tetrazole rings is 1. The van der Waals surface area contributed by atoms with Gasteiger partial charge in [-0.3, -0.25) is 11.3 Å². The molecule has 0 aromatic carbocycles. The highest BCUT2D eigenvalue weighted by Gasteiger charge is 1.93. The van der Waals surface area contributed by atoms with Crippen molar-refractivity contribution >= 4 is 0 Å². The van der Waals surface area contributed by atoms with Crippen LogP contribution in [0.4, 0.5) is 0 Å². The first-order valence-corrected chi connectivity index (χ1v) is 3.01. The monoisotopic (exact) mass is 142 g/mol. The van der Waals surface area contributed by atoms with Gasteiger partial charge in [-0.2, -0.15) is 4.80 Å². The van der Waals surface area contributed by atoms with Gasteiger partial charge in [-0.05, 0) is 12.1 Å². The van der Waals surface area contributed by atoms with E-state index in [2.05, 4.69) is 20.8 Å². The molecule has 0 spiro atoms. The first-order valence-electron chi connectivity index (χ1n) is 3.01. The van der Waals surface area contributed by atoms with E-state index in [1.54, 1.807) is 6.92 Å². The summed E-state index contributed by atoms with van der Waals surface area (Å²) in [6.07, 6.45) is 0. The van der Waals surface area contributed by atoms with Crippen molar-refractivity contribution in [2.45, 2.75) is 13.5 Å². The maximum Gasteiger partial charge on any atom is 0.171 e. The number of nitrogens with two attached hydrogens (primary N) is 1. The van der Waals surface area contributed by atoms with Crippen molar-refractivity contribution in [1.29, 1.82) is 0 Å². The molecule has 0 bridgehead atoms. The molecule has 1 rings (SSSR count). The molecule has 10 heavy (non-hydrogen) atoms. The van der Waals surface area contributed by atoms with Gasteiger partial charge in [-0.15, -0.1) is 10.2 Å². The first kappa shape index (κ1) is 7.10. The number of aryl methyl sites for hydroxylation is 1. The Bertz CT molecular complexity index is 193. The fraction of sp³-hybridized carbons (Fsp3) is 0.750. The standard InChI is InChI=1S/C4H10N6/c1-4-7-9-10(8-4)3-2-6-5/h6H,2-3,5H2,1H3. The summed E-state index contributed by atoms with van der Waals surface area (Å²) in [7, 11) is 0. The Kier molecular flexibility index (Phi) is 2.30. The van der Waals surface area contributed by atoms with Crippen molar-refractivity contribution in [3.8, 4) is 0 Å². The van der Waals surface area contributed by atoms with E-state index in [0.29, 0.717) is 18.9 Å². The third-order valence-corrected chi connectivity index (χ3v) is 1.01. The van der Waals surface area contributed by atoms with Crippen LogP contribution in [0, 0.1) is 6.92 Å². The van der Waals surface area contributed by atoms with E-state index < -0.39 is 0 Å². The molecule has 6 heteroatoms. The predicted octanol–water partition coefficient (Wildman–Crippen LogP) is -1.56. The van der Waals surface area contributed by atoms with Gasteiger partial charge in [0.05, 0.1) is 6.54 Å². The molecule has 0 aliphatic carbocycles. The lowest BCUT2D eigenvalue weighted by atomic mass is 10.7. The van der Waals surface area contributed by atoms with Gasteiger partial charge < -0.3 is 0 Å². The molecule has 1 heterocycles. The number of nitrogens with one attached hydrogen (secondary N) is 1. The molecule has 6 nitrogen and oxygen atoms in total. The lowest BCUT2D eigenvalue weighted by Gasteiger charge is -1.94. The minimum Gasteiger partial charge on any atom is -0.271 e. The van der Waals surface area contributed by atoms with Crippen LogP contribution in [0.5, 0.6) is 0 Å². The first-order chi connectivity index (χ1) is 4.83. The number of rotatable bonds is 3. The largest absolute Gasteiger partial charge is 0.271 e. The molecule has 3 N–H and O–H groups in total. The van der Waals surface area contributed by atoms with Crippen molar-refractivity contribution in [2.24, 2.45) is 5.84 Å². The van der Waals surface area contributed by atoms with Gasteiger partial charge in [-0.1, -0.05) is 0 Å². The fourth-order valence-electron chi connectivity index (χ4n) is 0.583. The van der Waals surface area contributed by atoms with E-state index in [1.807, 2.05) is 0 Å². The summed E-state index contributed by atoms with van der Waals surface area (Å²) in [6.45, 7) is 3.09. The zero-order valence-corrected chi connectivity index (χ0v) is 5.78. The molecule has 1 aromatic rings. The second-order valence-corrected chi connectivity index (χ2v) is 1.89. The molecular weight excluding hydrogens is 132 g/mol. The highest BCUT2D eigenvalue weighted by Crippen LogP contribution is 1.79. The van der Waals surface area contributed by atoms with E-state index in [1.165, 1.54) is 4.80 Å². The Morgan fingerprint density at radius 1 is 1.70 bits per heavy atom. The number of hydrogen-bond acceptors (Lipinski definition) is 5. The van der Waals surface area contributed by atoms with E-state index in [9.17, 15) is 0 Å². The molecule has 0 aliphatic rings. The molecule has 1 aromatic heterocycles. The average molecular weight is 142 g/mol. The second kappa shape index (κ2) is 3.23. The van der Waals surface area contributed by atoms with Crippen LogP contribution >= 0.6 is 0 Å². The zero-order chi connectivity index (χ0) is 7.40. The van der Waals surface area contributed by atoms with E-state index >= 15 is 0 Å². The third kappa shape index (κ3) is 1.74. The maximum absolute atomic E-state index is 5.04. The normalized spacial score (nSPS) is 10.2. The highest BCUT2D eigenvalue weighted by atomic mass is 15.6. The van der Waals surface area contributed by atoms with E-state index in [-0.39, 0.29) is 0 Å². The van der Waals surface area contributed by atoms with Gasteiger partial charge in [0.1, 0.15) is 0 Å².